The van der Waals surface area contributed by atoms with Crippen molar-refractivity contribution in [3.8, 4) is 0 Å². The second-order valence-corrected chi connectivity index (χ2v) is 4.16. The van der Waals surface area contributed by atoms with Crippen molar-refractivity contribution in [2.75, 3.05) is 5.75 Å². The Hall–Kier alpha value is -0.150. The highest BCUT2D eigenvalue weighted by Gasteiger charge is 2.13. The predicted octanol–water partition coefficient (Wildman–Crippen LogP) is 1.81. The highest BCUT2D eigenvalue weighted by Crippen LogP contribution is 2.21. The third kappa shape index (κ3) is 3.16. The van der Waals surface area contributed by atoms with Crippen molar-refractivity contribution in [1.82, 2.24) is 0 Å². The predicted molar refractivity (Wildman–Crippen MR) is 46.7 cm³/mol. The van der Waals surface area contributed by atoms with Gasteiger partial charge in [0.2, 0.25) is 0 Å². The minimum absolute atomic E-state index is 0.331. The summed E-state index contributed by atoms with van der Waals surface area (Å²) >= 11 is -1.63. The number of allylic oxidation sites excluding steroid dienone is 2. The Morgan fingerprint density at radius 1 is 1.55 bits per heavy atom. The second-order valence-electron chi connectivity index (χ2n) is 3.19. The van der Waals surface area contributed by atoms with Crippen LogP contribution in [-0.2, 0) is 11.1 Å². The zero-order valence-electron chi connectivity index (χ0n) is 6.69. The van der Waals surface area contributed by atoms with Gasteiger partial charge in [0, 0.05) is 0 Å². The molecule has 0 aromatic heterocycles. The van der Waals surface area contributed by atoms with Crippen molar-refractivity contribution < 1.29 is 8.76 Å². The Balaban J connectivity index is 2.38. The summed E-state index contributed by atoms with van der Waals surface area (Å²) in [5.41, 5.74) is 0. The fraction of sp³-hybridized carbons (Fsp3) is 0.750. The van der Waals surface area contributed by atoms with Gasteiger partial charge >= 0.3 is 0 Å². The van der Waals surface area contributed by atoms with Gasteiger partial charge in [-0.1, -0.05) is 19.1 Å². The van der Waals surface area contributed by atoms with Crippen LogP contribution in [0.15, 0.2) is 12.2 Å². The zero-order chi connectivity index (χ0) is 8.27. The SMILES string of the molecule is CC1C=CC(CS(=O)O)CC1. The number of hydrogen-bond donors (Lipinski definition) is 1. The molecule has 0 aromatic carbocycles. The maximum absolute atomic E-state index is 10.4. The van der Waals surface area contributed by atoms with Gasteiger partial charge in [-0.2, -0.15) is 0 Å². The average molecular weight is 174 g/mol. The van der Waals surface area contributed by atoms with E-state index in [1.165, 1.54) is 0 Å². The zero-order valence-corrected chi connectivity index (χ0v) is 7.51. The average Bonchev–Trinajstić information content (AvgIpc) is 1.93. The second kappa shape index (κ2) is 4.02. The lowest BCUT2D eigenvalue weighted by Gasteiger charge is -2.18. The fourth-order valence-electron chi connectivity index (χ4n) is 1.34. The maximum Gasteiger partial charge on any atom is 0.153 e. The van der Waals surface area contributed by atoms with Gasteiger partial charge in [-0.3, -0.25) is 0 Å². The first kappa shape index (κ1) is 8.94. The standard InChI is InChI=1S/C8H14O2S/c1-7-2-4-8(5-3-7)6-11(9)10/h2,4,7-8H,3,5-6H2,1H3,(H,9,10). The summed E-state index contributed by atoms with van der Waals surface area (Å²) in [5.74, 6) is 1.39. The molecule has 11 heavy (non-hydrogen) atoms. The van der Waals surface area contributed by atoms with E-state index in [9.17, 15) is 4.21 Å². The molecule has 0 amide bonds. The molecular weight excluding hydrogens is 160 g/mol. The monoisotopic (exact) mass is 174 g/mol. The van der Waals surface area contributed by atoms with Gasteiger partial charge in [0.25, 0.3) is 0 Å². The summed E-state index contributed by atoms with van der Waals surface area (Å²) in [4.78, 5) is 0. The molecule has 1 rings (SSSR count). The molecule has 1 N–H and O–H groups in total. The number of hydrogen-bond acceptors (Lipinski definition) is 1. The first-order valence-electron chi connectivity index (χ1n) is 3.94. The Kier molecular flexibility index (Phi) is 3.27. The van der Waals surface area contributed by atoms with E-state index in [0.717, 1.165) is 12.8 Å². The van der Waals surface area contributed by atoms with Crippen LogP contribution in [0.2, 0.25) is 0 Å². The smallest absolute Gasteiger partial charge is 0.153 e. The van der Waals surface area contributed by atoms with Crippen LogP contribution in [0.25, 0.3) is 0 Å². The minimum atomic E-state index is -1.63. The van der Waals surface area contributed by atoms with Crippen molar-refractivity contribution in [2.24, 2.45) is 11.8 Å². The third-order valence-corrected chi connectivity index (χ3v) is 2.77. The van der Waals surface area contributed by atoms with Crippen molar-refractivity contribution >= 4 is 11.1 Å². The van der Waals surface area contributed by atoms with Crippen LogP contribution < -0.4 is 0 Å². The van der Waals surface area contributed by atoms with Gasteiger partial charge in [0.05, 0.1) is 5.75 Å². The van der Waals surface area contributed by atoms with E-state index in [1.807, 2.05) is 0 Å². The minimum Gasteiger partial charge on any atom is -0.306 e. The molecule has 1 aliphatic rings. The van der Waals surface area contributed by atoms with Crippen molar-refractivity contribution in [1.29, 1.82) is 0 Å². The summed E-state index contributed by atoms with van der Waals surface area (Å²) in [5, 5.41) is 0. The van der Waals surface area contributed by atoms with Crippen LogP contribution >= 0.6 is 0 Å². The lowest BCUT2D eigenvalue weighted by atomic mass is 9.91. The molecule has 0 saturated heterocycles. The van der Waals surface area contributed by atoms with Gasteiger partial charge in [0.1, 0.15) is 0 Å². The van der Waals surface area contributed by atoms with E-state index >= 15 is 0 Å². The van der Waals surface area contributed by atoms with Crippen LogP contribution in [0.5, 0.6) is 0 Å². The van der Waals surface area contributed by atoms with E-state index in [2.05, 4.69) is 19.1 Å². The first-order valence-corrected chi connectivity index (χ1v) is 5.22. The molecule has 0 heterocycles. The molecule has 0 bridgehead atoms. The summed E-state index contributed by atoms with van der Waals surface area (Å²) < 4.78 is 19.0. The maximum atomic E-state index is 10.4. The van der Waals surface area contributed by atoms with E-state index in [-0.39, 0.29) is 0 Å². The van der Waals surface area contributed by atoms with Crippen molar-refractivity contribution in [3.63, 3.8) is 0 Å². The summed E-state index contributed by atoms with van der Waals surface area (Å²) in [6.45, 7) is 2.17. The first-order chi connectivity index (χ1) is 5.18. The fourth-order valence-corrected chi connectivity index (χ4v) is 1.98. The normalized spacial score (nSPS) is 33.6. The molecule has 0 aromatic rings. The molecule has 3 atom stereocenters. The summed E-state index contributed by atoms with van der Waals surface area (Å²) in [6.07, 6.45) is 6.42. The molecule has 0 aliphatic heterocycles. The Morgan fingerprint density at radius 3 is 2.73 bits per heavy atom. The van der Waals surface area contributed by atoms with Crippen LogP contribution in [0.4, 0.5) is 0 Å². The number of rotatable bonds is 2. The van der Waals surface area contributed by atoms with Gasteiger partial charge in [-0.15, -0.1) is 0 Å². The Morgan fingerprint density at radius 2 is 2.27 bits per heavy atom. The Bertz CT molecular complexity index is 177. The molecule has 2 nitrogen and oxygen atoms in total. The molecule has 3 unspecified atom stereocenters. The van der Waals surface area contributed by atoms with Crippen LogP contribution in [0, 0.1) is 11.8 Å². The van der Waals surface area contributed by atoms with Crippen LogP contribution in [-0.4, -0.2) is 14.5 Å². The lowest BCUT2D eigenvalue weighted by Crippen LogP contribution is -2.13. The van der Waals surface area contributed by atoms with E-state index in [0.29, 0.717) is 17.6 Å². The van der Waals surface area contributed by atoms with E-state index in [4.69, 9.17) is 4.55 Å². The summed E-state index contributed by atoms with van der Waals surface area (Å²) in [7, 11) is 0. The molecule has 0 saturated carbocycles. The van der Waals surface area contributed by atoms with Gasteiger partial charge in [0.15, 0.2) is 11.1 Å². The van der Waals surface area contributed by atoms with Gasteiger partial charge in [-0.25, -0.2) is 4.21 Å². The van der Waals surface area contributed by atoms with Crippen molar-refractivity contribution in [2.45, 2.75) is 19.8 Å². The molecule has 0 fully saturated rings. The van der Waals surface area contributed by atoms with Gasteiger partial charge < -0.3 is 4.55 Å². The molecular formula is C8H14O2S. The largest absolute Gasteiger partial charge is 0.306 e. The van der Waals surface area contributed by atoms with Crippen LogP contribution in [0.1, 0.15) is 19.8 Å². The third-order valence-electron chi connectivity index (χ3n) is 2.06. The summed E-state index contributed by atoms with van der Waals surface area (Å²) in [6, 6.07) is 0. The van der Waals surface area contributed by atoms with Crippen LogP contribution in [0.3, 0.4) is 0 Å². The molecule has 64 valence electrons. The topological polar surface area (TPSA) is 37.3 Å². The quantitative estimate of drug-likeness (QED) is 0.512. The van der Waals surface area contributed by atoms with E-state index in [1.54, 1.807) is 0 Å². The Labute approximate surface area is 70.0 Å². The molecule has 1 aliphatic carbocycles. The molecule has 3 heteroatoms. The highest BCUT2D eigenvalue weighted by atomic mass is 32.2. The van der Waals surface area contributed by atoms with E-state index < -0.39 is 11.1 Å². The lowest BCUT2D eigenvalue weighted by molar-refractivity contribution is 0.490. The molecule has 0 spiro atoms. The van der Waals surface area contributed by atoms with Crippen molar-refractivity contribution in [3.05, 3.63) is 12.2 Å². The van der Waals surface area contributed by atoms with Gasteiger partial charge in [-0.05, 0) is 24.7 Å². The highest BCUT2D eigenvalue weighted by molar-refractivity contribution is 7.79. The molecule has 0 radical (unpaired) electrons.